The Hall–Kier alpha value is -2.62. The summed E-state index contributed by atoms with van der Waals surface area (Å²) in [7, 11) is 0. The van der Waals surface area contributed by atoms with Crippen LogP contribution in [0.4, 0.5) is 4.39 Å². The fraction of sp³-hybridized carbons (Fsp3) is 0.0625. The van der Waals surface area contributed by atoms with E-state index in [0.717, 1.165) is 11.6 Å². The predicted molar refractivity (Wildman–Crippen MR) is 74.6 cm³/mol. The molecule has 0 saturated heterocycles. The molecule has 0 fully saturated rings. The van der Waals surface area contributed by atoms with Gasteiger partial charge in [0, 0.05) is 5.56 Å². The monoisotopic (exact) mass is 272 g/mol. The third kappa shape index (κ3) is 3.03. The smallest absolute Gasteiger partial charge is 0.339 e. The van der Waals surface area contributed by atoms with Crippen LogP contribution in [-0.4, -0.2) is 11.1 Å². The predicted octanol–water partition coefficient (Wildman–Crippen LogP) is 4.35. The summed E-state index contributed by atoms with van der Waals surface area (Å²) in [5, 5.41) is 9.08. The summed E-state index contributed by atoms with van der Waals surface area (Å²) in [5.41, 5.74) is 0.607. The lowest BCUT2D eigenvalue weighted by atomic mass is 10.1. The molecule has 0 aromatic heterocycles. The molecule has 0 aliphatic rings. The van der Waals surface area contributed by atoms with Crippen LogP contribution < -0.4 is 4.74 Å². The molecule has 0 bridgehead atoms. The highest BCUT2D eigenvalue weighted by Gasteiger charge is 2.14. The number of para-hydroxylation sites is 1. The Balaban J connectivity index is 2.42. The standard InChI is InChI=1S/C16H13FO3/c1-2-5-11-6-3-4-7-14(11)20-15-9-8-12(17)10-13(15)16(18)19/h2-10H,1H3,(H,18,19). The van der Waals surface area contributed by atoms with Gasteiger partial charge < -0.3 is 9.84 Å². The summed E-state index contributed by atoms with van der Waals surface area (Å²) in [5.74, 6) is -1.23. The second kappa shape index (κ2) is 6.02. The van der Waals surface area contributed by atoms with Crippen LogP contribution in [0.15, 0.2) is 48.5 Å². The van der Waals surface area contributed by atoms with Crippen LogP contribution in [0.3, 0.4) is 0 Å². The minimum Gasteiger partial charge on any atom is -0.478 e. The van der Waals surface area contributed by atoms with Gasteiger partial charge in [0.1, 0.15) is 22.9 Å². The van der Waals surface area contributed by atoms with Crippen LogP contribution in [0.2, 0.25) is 0 Å². The van der Waals surface area contributed by atoms with Crippen LogP contribution in [0, 0.1) is 5.82 Å². The number of hydrogen-bond acceptors (Lipinski definition) is 2. The lowest BCUT2D eigenvalue weighted by Gasteiger charge is -2.11. The molecule has 4 heteroatoms. The molecule has 0 spiro atoms. The first kappa shape index (κ1) is 13.8. The van der Waals surface area contributed by atoms with Gasteiger partial charge in [-0.2, -0.15) is 0 Å². The van der Waals surface area contributed by atoms with Crippen LogP contribution in [0.25, 0.3) is 6.08 Å². The molecule has 0 aliphatic carbocycles. The average molecular weight is 272 g/mol. The van der Waals surface area contributed by atoms with Crippen molar-refractivity contribution >= 4 is 12.0 Å². The molecule has 2 aromatic rings. The van der Waals surface area contributed by atoms with Crippen molar-refractivity contribution in [2.75, 3.05) is 0 Å². The van der Waals surface area contributed by atoms with Gasteiger partial charge in [-0.15, -0.1) is 0 Å². The second-order valence-corrected chi connectivity index (χ2v) is 4.09. The maximum atomic E-state index is 13.1. The third-order valence-electron chi connectivity index (χ3n) is 2.66. The van der Waals surface area contributed by atoms with Crippen molar-refractivity contribution in [2.45, 2.75) is 6.92 Å². The Morgan fingerprint density at radius 3 is 2.65 bits per heavy atom. The molecule has 0 atom stereocenters. The molecular formula is C16H13FO3. The van der Waals surface area contributed by atoms with E-state index in [2.05, 4.69) is 0 Å². The largest absolute Gasteiger partial charge is 0.478 e. The number of carboxylic acids is 1. The van der Waals surface area contributed by atoms with Crippen molar-refractivity contribution < 1.29 is 19.0 Å². The van der Waals surface area contributed by atoms with Gasteiger partial charge >= 0.3 is 5.97 Å². The molecule has 0 radical (unpaired) electrons. The Kier molecular flexibility index (Phi) is 4.15. The number of hydrogen-bond donors (Lipinski definition) is 1. The minimum absolute atomic E-state index is 0.107. The van der Waals surface area contributed by atoms with Gasteiger partial charge in [-0.05, 0) is 31.2 Å². The normalized spacial score (nSPS) is 10.7. The first-order valence-corrected chi connectivity index (χ1v) is 6.04. The quantitative estimate of drug-likeness (QED) is 0.900. The van der Waals surface area contributed by atoms with E-state index >= 15 is 0 Å². The van der Waals surface area contributed by atoms with E-state index in [1.807, 2.05) is 31.2 Å². The van der Waals surface area contributed by atoms with Gasteiger partial charge in [-0.3, -0.25) is 0 Å². The Labute approximate surface area is 115 Å². The second-order valence-electron chi connectivity index (χ2n) is 4.09. The van der Waals surface area contributed by atoms with Gasteiger partial charge in [0.15, 0.2) is 0 Å². The van der Waals surface area contributed by atoms with Crippen LogP contribution >= 0.6 is 0 Å². The van der Waals surface area contributed by atoms with Gasteiger partial charge in [0.05, 0.1) is 0 Å². The zero-order chi connectivity index (χ0) is 14.5. The molecule has 0 aliphatic heterocycles. The van der Waals surface area contributed by atoms with Crippen molar-refractivity contribution in [3.63, 3.8) is 0 Å². The van der Waals surface area contributed by atoms with E-state index < -0.39 is 11.8 Å². The van der Waals surface area contributed by atoms with Crippen molar-refractivity contribution in [2.24, 2.45) is 0 Å². The fourth-order valence-electron chi connectivity index (χ4n) is 1.77. The van der Waals surface area contributed by atoms with Crippen LogP contribution in [0.1, 0.15) is 22.8 Å². The number of ether oxygens (including phenoxy) is 1. The van der Waals surface area contributed by atoms with Gasteiger partial charge in [-0.25, -0.2) is 9.18 Å². The SMILES string of the molecule is CC=Cc1ccccc1Oc1ccc(F)cc1C(=O)O. The van der Waals surface area contributed by atoms with E-state index in [-0.39, 0.29) is 11.3 Å². The molecule has 0 amide bonds. The number of benzene rings is 2. The van der Waals surface area contributed by atoms with Crippen molar-refractivity contribution in [1.29, 1.82) is 0 Å². The maximum Gasteiger partial charge on any atom is 0.339 e. The summed E-state index contributed by atoms with van der Waals surface area (Å²) in [6.07, 6.45) is 3.70. The van der Waals surface area contributed by atoms with E-state index in [4.69, 9.17) is 9.84 Å². The summed E-state index contributed by atoms with van der Waals surface area (Å²) in [6.45, 7) is 1.87. The average Bonchev–Trinajstić information content (AvgIpc) is 2.43. The van der Waals surface area contributed by atoms with E-state index in [1.165, 1.54) is 12.1 Å². The molecule has 20 heavy (non-hydrogen) atoms. The van der Waals surface area contributed by atoms with Crippen LogP contribution in [0.5, 0.6) is 11.5 Å². The van der Waals surface area contributed by atoms with Gasteiger partial charge in [0.25, 0.3) is 0 Å². The van der Waals surface area contributed by atoms with Gasteiger partial charge in [0.2, 0.25) is 0 Å². The first-order valence-electron chi connectivity index (χ1n) is 6.04. The lowest BCUT2D eigenvalue weighted by Crippen LogP contribution is -2.01. The third-order valence-corrected chi connectivity index (χ3v) is 2.66. The molecule has 3 nitrogen and oxygen atoms in total. The van der Waals surface area contributed by atoms with Crippen molar-refractivity contribution in [3.8, 4) is 11.5 Å². The van der Waals surface area contributed by atoms with Crippen LogP contribution in [-0.2, 0) is 0 Å². The summed E-state index contributed by atoms with van der Waals surface area (Å²) in [6, 6.07) is 10.6. The highest BCUT2D eigenvalue weighted by molar-refractivity contribution is 5.91. The van der Waals surface area contributed by atoms with Crippen molar-refractivity contribution in [1.82, 2.24) is 0 Å². The Morgan fingerprint density at radius 1 is 1.20 bits per heavy atom. The number of aromatic carboxylic acids is 1. The summed E-state index contributed by atoms with van der Waals surface area (Å²) >= 11 is 0. The van der Waals surface area contributed by atoms with Crippen molar-refractivity contribution in [3.05, 3.63) is 65.5 Å². The zero-order valence-corrected chi connectivity index (χ0v) is 10.8. The maximum absolute atomic E-state index is 13.1. The number of halogens is 1. The topological polar surface area (TPSA) is 46.5 Å². The van der Waals surface area contributed by atoms with Gasteiger partial charge in [-0.1, -0.05) is 30.4 Å². The van der Waals surface area contributed by atoms with E-state index in [1.54, 1.807) is 12.1 Å². The van der Waals surface area contributed by atoms with E-state index in [9.17, 15) is 9.18 Å². The molecule has 0 saturated carbocycles. The molecular weight excluding hydrogens is 259 g/mol. The molecule has 2 aromatic carbocycles. The molecule has 0 unspecified atom stereocenters. The first-order chi connectivity index (χ1) is 9.61. The summed E-state index contributed by atoms with van der Waals surface area (Å²) < 4.78 is 18.7. The Morgan fingerprint density at radius 2 is 1.95 bits per heavy atom. The number of carboxylic acid groups (broad SMARTS) is 1. The Bertz CT molecular complexity index is 663. The number of allylic oxidation sites excluding steroid dienone is 1. The molecule has 102 valence electrons. The highest BCUT2D eigenvalue weighted by Crippen LogP contribution is 2.29. The molecule has 2 rings (SSSR count). The minimum atomic E-state index is -1.23. The summed E-state index contributed by atoms with van der Waals surface area (Å²) in [4.78, 5) is 11.1. The number of carbonyl (C=O) groups is 1. The molecule has 1 N–H and O–H groups in total. The molecule has 0 heterocycles. The zero-order valence-electron chi connectivity index (χ0n) is 10.8. The van der Waals surface area contributed by atoms with E-state index in [0.29, 0.717) is 5.75 Å². The number of rotatable bonds is 4. The lowest BCUT2D eigenvalue weighted by molar-refractivity contribution is 0.0693. The highest BCUT2D eigenvalue weighted by atomic mass is 19.1. The fourth-order valence-corrected chi connectivity index (χ4v) is 1.77.